The predicted molar refractivity (Wildman–Crippen MR) is 133 cm³/mol. The fraction of sp³-hybridized carbons (Fsp3) is 0.346. The molecule has 172 valence electrons. The Hall–Kier alpha value is -3.19. The van der Waals surface area contributed by atoms with E-state index in [-0.39, 0.29) is 12.5 Å². The molecule has 1 aromatic heterocycles. The molecule has 1 unspecified atom stereocenters. The summed E-state index contributed by atoms with van der Waals surface area (Å²) in [6.07, 6.45) is 2.37. The molecule has 33 heavy (non-hydrogen) atoms. The molecule has 2 aliphatic rings. The Morgan fingerprint density at radius 1 is 1.21 bits per heavy atom. The highest BCUT2D eigenvalue weighted by molar-refractivity contribution is 7.10. The molecule has 2 aromatic rings. The van der Waals surface area contributed by atoms with Gasteiger partial charge in [-0.15, -0.1) is 11.3 Å². The summed E-state index contributed by atoms with van der Waals surface area (Å²) in [4.78, 5) is 35.9. The summed E-state index contributed by atoms with van der Waals surface area (Å²) in [7, 11) is 0. The van der Waals surface area contributed by atoms with E-state index in [1.165, 1.54) is 17.0 Å². The number of benzene rings is 1. The predicted octanol–water partition coefficient (Wildman–Crippen LogP) is 5.20. The molecule has 6 nitrogen and oxygen atoms in total. The molecule has 0 radical (unpaired) electrons. The highest BCUT2D eigenvalue weighted by Gasteiger charge is 2.45. The van der Waals surface area contributed by atoms with Gasteiger partial charge in [0.2, 0.25) is 0 Å². The lowest BCUT2D eigenvalue weighted by molar-refractivity contribution is -0.139. The van der Waals surface area contributed by atoms with E-state index in [0.717, 1.165) is 23.5 Å². The van der Waals surface area contributed by atoms with Gasteiger partial charge in [0.1, 0.15) is 11.9 Å². The van der Waals surface area contributed by atoms with Crippen LogP contribution < -0.4 is 4.90 Å². The number of carbonyl (C=O) groups excluding carboxylic acids is 2. The summed E-state index contributed by atoms with van der Waals surface area (Å²) >= 11 is 1.52. The number of thiophene rings is 1. The highest BCUT2D eigenvalue weighted by atomic mass is 32.1. The van der Waals surface area contributed by atoms with Gasteiger partial charge in [-0.1, -0.05) is 18.2 Å². The standard InChI is InChI=1S/C26H29N3O3S/c1-5-28(6-2)20-12-10-18(11-13-20)15-19-16-22-27-17(4)23(26(31)32-7-3)24(29(22)25(19)30)21-9-8-14-33-21/h8-15,24H,5-7,16H2,1-4H3/b19-15-. The zero-order valence-corrected chi connectivity index (χ0v) is 20.3. The summed E-state index contributed by atoms with van der Waals surface area (Å²) in [6.45, 7) is 10.0. The van der Waals surface area contributed by atoms with Gasteiger partial charge in [0.25, 0.3) is 5.91 Å². The second-order valence-corrected chi connectivity index (χ2v) is 8.93. The molecular formula is C26H29N3O3S. The molecule has 3 heterocycles. The van der Waals surface area contributed by atoms with Crippen LogP contribution in [0.15, 0.2) is 63.6 Å². The lowest BCUT2D eigenvalue weighted by atomic mass is 10.00. The lowest BCUT2D eigenvalue weighted by Gasteiger charge is -2.32. The number of ether oxygens (including phenoxy) is 1. The second-order valence-electron chi connectivity index (χ2n) is 7.95. The summed E-state index contributed by atoms with van der Waals surface area (Å²) in [5.74, 6) is 0.137. The third-order valence-corrected chi connectivity index (χ3v) is 6.93. The Morgan fingerprint density at radius 2 is 1.94 bits per heavy atom. The quantitative estimate of drug-likeness (QED) is 0.418. The van der Waals surface area contributed by atoms with E-state index < -0.39 is 12.0 Å². The molecular weight excluding hydrogens is 434 g/mol. The van der Waals surface area contributed by atoms with E-state index in [0.29, 0.717) is 29.1 Å². The number of aliphatic imine (C=N–C) groups is 1. The molecule has 0 saturated carbocycles. The number of hydrogen-bond acceptors (Lipinski definition) is 6. The summed E-state index contributed by atoms with van der Waals surface area (Å²) in [6, 6.07) is 11.6. The number of fused-ring (bicyclic) bond motifs is 1. The Kier molecular flexibility index (Phi) is 6.79. The number of rotatable bonds is 7. The highest BCUT2D eigenvalue weighted by Crippen LogP contribution is 2.42. The number of allylic oxidation sites excluding steroid dienone is 1. The van der Waals surface area contributed by atoms with Crippen molar-refractivity contribution in [2.24, 2.45) is 4.99 Å². The van der Waals surface area contributed by atoms with Crippen LogP contribution >= 0.6 is 11.3 Å². The van der Waals surface area contributed by atoms with Crippen molar-refractivity contribution in [1.82, 2.24) is 4.90 Å². The van der Waals surface area contributed by atoms with Gasteiger partial charge in [0, 0.05) is 35.6 Å². The molecule has 7 heteroatoms. The molecule has 0 bridgehead atoms. The van der Waals surface area contributed by atoms with Gasteiger partial charge in [-0.05, 0) is 62.9 Å². The van der Waals surface area contributed by atoms with Gasteiger partial charge in [-0.25, -0.2) is 9.79 Å². The van der Waals surface area contributed by atoms with Crippen LogP contribution in [0, 0.1) is 0 Å². The van der Waals surface area contributed by atoms with Crippen LogP contribution in [0.4, 0.5) is 5.69 Å². The van der Waals surface area contributed by atoms with Crippen molar-refractivity contribution in [1.29, 1.82) is 0 Å². The minimum Gasteiger partial charge on any atom is -0.463 e. The monoisotopic (exact) mass is 463 g/mol. The van der Waals surface area contributed by atoms with Crippen molar-refractivity contribution >= 4 is 40.8 Å². The zero-order valence-electron chi connectivity index (χ0n) is 19.5. The van der Waals surface area contributed by atoms with Crippen LogP contribution in [0.1, 0.15) is 50.6 Å². The number of nitrogens with zero attached hydrogens (tertiary/aromatic N) is 3. The number of esters is 1. The molecule has 2 aliphatic heterocycles. The van der Waals surface area contributed by atoms with Crippen LogP contribution in [0.5, 0.6) is 0 Å². The van der Waals surface area contributed by atoms with E-state index in [9.17, 15) is 9.59 Å². The molecule has 0 N–H and O–H groups in total. The van der Waals surface area contributed by atoms with Crippen LogP contribution in [0.3, 0.4) is 0 Å². The maximum atomic E-state index is 13.5. The summed E-state index contributed by atoms with van der Waals surface area (Å²) in [5, 5.41) is 1.95. The van der Waals surface area contributed by atoms with E-state index in [4.69, 9.17) is 4.74 Å². The first kappa shape index (κ1) is 23.0. The van der Waals surface area contributed by atoms with Crippen molar-refractivity contribution in [3.05, 3.63) is 69.1 Å². The zero-order chi connectivity index (χ0) is 23.5. The SMILES string of the molecule is CCOC(=O)C1=C(C)N=C2C/C(=C/c3ccc(N(CC)CC)cc3)C(=O)N2C1c1cccs1. The van der Waals surface area contributed by atoms with E-state index in [1.807, 2.05) is 42.6 Å². The van der Waals surface area contributed by atoms with Crippen molar-refractivity contribution < 1.29 is 14.3 Å². The maximum Gasteiger partial charge on any atom is 0.338 e. The lowest BCUT2D eigenvalue weighted by Crippen LogP contribution is -2.39. The molecule has 0 spiro atoms. The van der Waals surface area contributed by atoms with Crippen molar-refractivity contribution in [2.45, 2.75) is 40.2 Å². The Balaban J connectivity index is 1.68. The van der Waals surface area contributed by atoms with Gasteiger partial charge in [0.15, 0.2) is 0 Å². The van der Waals surface area contributed by atoms with Crippen molar-refractivity contribution in [3.8, 4) is 0 Å². The average molecular weight is 464 g/mol. The summed E-state index contributed by atoms with van der Waals surface area (Å²) in [5.41, 5.74) is 3.84. The Labute approximate surface area is 198 Å². The first-order valence-electron chi connectivity index (χ1n) is 11.4. The molecule has 0 aliphatic carbocycles. The van der Waals surface area contributed by atoms with Gasteiger partial charge in [-0.3, -0.25) is 9.69 Å². The number of anilines is 1. The molecule has 1 atom stereocenters. The Morgan fingerprint density at radius 3 is 2.55 bits per heavy atom. The fourth-order valence-electron chi connectivity index (χ4n) is 4.41. The normalized spacial score (nSPS) is 19.1. The van der Waals surface area contributed by atoms with E-state index >= 15 is 0 Å². The number of carbonyl (C=O) groups is 2. The molecule has 4 rings (SSSR count). The largest absolute Gasteiger partial charge is 0.463 e. The average Bonchev–Trinajstić information content (AvgIpc) is 3.44. The minimum atomic E-state index is -0.514. The first-order chi connectivity index (χ1) is 16.0. The summed E-state index contributed by atoms with van der Waals surface area (Å²) < 4.78 is 5.32. The maximum absolute atomic E-state index is 13.5. The minimum absolute atomic E-state index is 0.116. The van der Waals surface area contributed by atoms with Crippen LogP contribution in [-0.4, -0.2) is 42.3 Å². The van der Waals surface area contributed by atoms with Crippen molar-refractivity contribution in [3.63, 3.8) is 0 Å². The fourth-order valence-corrected chi connectivity index (χ4v) is 5.24. The van der Waals surface area contributed by atoms with Gasteiger partial charge in [0.05, 0.1) is 17.9 Å². The van der Waals surface area contributed by atoms with E-state index in [2.05, 4.69) is 35.9 Å². The third-order valence-electron chi connectivity index (χ3n) is 6.01. The first-order valence-corrected chi connectivity index (χ1v) is 12.2. The molecule has 1 aromatic carbocycles. The smallest absolute Gasteiger partial charge is 0.338 e. The van der Waals surface area contributed by atoms with Gasteiger partial charge < -0.3 is 9.64 Å². The topological polar surface area (TPSA) is 62.2 Å². The number of amidine groups is 1. The third kappa shape index (κ3) is 4.37. The number of amides is 1. The molecule has 1 amide bonds. The van der Waals surface area contributed by atoms with E-state index in [1.54, 1.807) is 11.8 Å². The van der Waals surface area contributed by atoms with Crippen LogP contribution in [0.25, 0.3) is 6.08 Å². The Bertz CT molecular complexity index is 1130. The second kappa shape index (κ2) is 9.75. The molecule has 1 saturated heterocycles. The van der Waals surface area contributed by atoms with Gasteiger partial charge in [-0.2, -0.15) is 0 Å². The number of hydrogen-bond donors (Lipinski definition) is 0. The van der Waals surface area contributed by atoms with Crippen molar-refractivity contribution in [2.75, 3.05) is 24.6 Å². The van der Waals surface area contributed by atoms with Gasteiger partial charge >= 0.3 is 5.97 Å². The van der Waals surface area contributed by atoms with Crippen LogP contribution in [-0.2, 0) is 14.3 Å². The molecule has 1 fully saturated rings. The van der Waals surface area contributed by atoms with Crippen LogP contribution in [0.2, 0.25) is 0 Å².